The topological polar surface area (TPSA) is 57.6 Å². The van der Waals surface area contributed by atoms with E-state index < -0.39 is 12.0 Å². The lowest BCUT2D eigenvalue weighted by molar-refractivity contribution is -0.138. The van der Waals surface area contributed by atoms with Gasteiger partial charge in [0.15, 0.2) is 0 Å². The monoisotopic (exact) mass is 295 g/mol. The zero-order chi connectivity index (χ0) is 15.7. The highest BCUT2D eigenvalue weighted by molar-refractivity contribution is 5.98. The van der Waals surface area contributed by atoms with Gasteiger partial charge in [-0.05, 0) is 24.1 Å². The number of amides is 1. The number of carbonyl (C=O) groups excluding carboxylic acids is 1. The molecule has 1 N–H and O–H groups in total. The van der Waals surface area contributed by atoms with Gasteiger partial charge in [-0.2, -0.15) is 0 Å². The number of nitrogens with zero attached hydrogens (tertiary/aromatic N) is 1. The second kappa shape index (κ2) is 5.64. The largest absolute Gasteiger partial charge is 0.481 e. The zero-order valence-electron chi connectivity index (χ0n) is 12.3. The summed E-state index contributed by atoms with van der Waals surface area (Å²) in [7, 11) is 0. The van der Waals surface area contributed by atoms with Gasteiger partial charge in [-0.25, -0.2) is 0 Å². The summed E-state index contributed by atoms with van der Waals surface area (Å²) in [6.07, 6.45) is -0.0945. The van der Waals surface area contributed by atoms with Crippen molar-refractivity contribution in [3.63, 3.8) is 0 Å². The van der Waals surface area contributed by atoms with Crippen molar-refractivity contribution < 1.29 is 14.7 Å². The minimum atomic E-state index is -0.908. The molecule has 0 aromatic heterocycles. The van der Waals surface area contributed by atoms with Crippen LogP contribution in [0.25, 0.3) is 0 Å². The van der Waals surface area contributed by atoms with Crippen LogP contribution < -0.4 is 0 Å². The van der Waals surface area contributed by atoms with Crippen LogP contribution in [0.4, 0.5) is 0 Å². The first-order valence-corrected chi connectivity index (χ1v) is 7.23. The second-order valence-corrected chi connectivity index (χ2v) is 5.61. The second-order valence-electron chi connectivity index (χ2n) is 5.61. The van der Waals surface area contributed by atoms with Crippen LogP contribution in [0.1, 0.15) is 39.5 Å². The molecule has 0 spiro atoms. The van der Waals surface area contributed by atoms with E-state index in [1.165, 1.54) is 0 Å². The molecule has 0 saturated heterocycles. The molecule has 0 radical (unpaired) electrons. The van der Waals surface area contributed by atoms with Crippen LogP contribution in [0.2, 0.25) is 0 Å². The molecule has 0 bridgehead atoms. The molecule has 1 aliphatic rings. The van der Waals surface area contributed by atoms with Gasteiger partial charge in [0.1, 0.15) is 0 Å². The molecular weight excluding hydrogens is 278 g/mol. The van der Waals surface area contributed by atoms with E-state index in [1.807, 2.05) is 49.4 Å². The predicted octanol–water partition coefficient (Wildman–Crippen LogP) is 3.17. The normalized spacial score (nSPS) is 14.8. The van der Waals surface area contributed by atoms with Crippen molar-refractivity contribution in [1.29, 1.82) is 0 Å². The fourth-order valence-corrected chi connectivity index (χ4v) is 2.89. The van der Waals surface area contributed by atoms with Crippen molar-refractivity contribution in [1.82, 2.24) is 4.90 Å². The summed E-state index contributed by atoms with van der Waals surface area (Å²) in [4.78, 5) is 25.5. The summed E-state index contributed by atoms with van der Waals surface area (Å²) in [5.74, 6) is -1.00. The molecule has 0 fully saturated rings. The van der Waals surface area contributed by atoms with Crippen LogP contribution in [0, 0.1) is 6.92 Å². The number of rotatable bonds is 4. The summed E-state index contributed by atoms with van der Waals surface area (Å²) in [6.45, 7) is 2.44. The van der Waals surface area contributed by atoms with E-state index in [-0.39, 0.29) is 12.3 Å². The van der Waals surface area contributed by atoms with Gasteiger partial charge >= 0.3 is 5.97 Å². The molecule has 1 heterocycles. The van der Waals surface area contributed by atoms with Crippen LogP contribution >= 0.6 is 0 Å². The molecular formula is C18H17NO3. The van der Waals surface area contributed by atoms with Crippen molar-refractivity contribution in [2.45, 2.75) is 25.9 Å². The molecule has 2 aromatic rings. The summed E-state index contributed by atoms with van der Waals surface area (Å²) < 4.78 is 0. The lowest BCUT2D eigenvalue weighted by Gasteiger charge is -2.27. The summed E-state index contributed by atoms with van der Waals surface area (Å²) >= 11 is 0. The predicted molar refractivity (Wildman–Crippen MR) is 82.5 cm³/mol. The number of hydrogen-bond acceptors (Lipinski definition) is 2. The first-order valence-electron chi connectivity index (χ1n) is 7.23. The van der Waals surface area contributed by atoms with E-state index in [0.29, 0.717) is 12.1 Å². The van der Waals surface area contributed by atoms with Crippen molar-refractivity contribution >= 4 is 11.9 Å². The van der Waals surface area contributed by atoms with Crippen LogP contribution in [0.3, 0.4) is 0 Å². The van der Waals surface area contributed by atoms with Crippen molar-refractivity contribution in [2.75, 3.05) is 0 Å². The average molecular weight is 295 g/mol. The van der Waals surface area contributed by atoms with Gasteiger partial charge in [-0.15, -0.1) is 0 Å². The Morgan fingerprint density at radius 2 is 1.86 bits per heavy atom. The van der Waals surface area contributed by atoms with E-state index in [4.69, 9.17) is 0 Å². The molecule has 4 nitrogen and oxygen atoms in total. The van der Waals surface area contributed by atoms with E-state index in [9.17, 15) is 14.7 Å². The Morgan fingerprint density at radius 1 is 1.18 bits per heavy atom. The number of benzene rings is 2. The number of fused-ring (bicyclic) bond motifs is 1. The van der Waals surface area contributed by atoms with Crippen molar-refractivity contribution in [3.05, 3.63) is 70.8 Å². The van der Waals surface area contributed by atoms with Crippen LogP contribution in [0.5, 0.6) is 0 Å². The van der Waals surface area contributed by atoms with Crippen LogP contribution in [-0.2, 0) is 11.3 Å². The van der Waals surface area contributed by atoms with Crippen LogP contribution in [-0.4, -0.2) is 21.9 Å². The third-order valence-corrected chi connectivity index (χ3v) is 4.06. The number of carbonyl (C=O) groups is 2. The Kier molecular flexibility index (Phi) is 3.67. The molecule has 22 heavy (non-hydrogen) atoms. The Morgan fingerprint density at radius 3 is 2.50 bits per heavy atom. The molecule has 112 valence electrons. The number of aliphatic carboxylic acids is 1. The lowest BCUT2D eigenvalue weighted by atomic mass is 10.0. The molecule has 1 unspecified atom stereocenters. The molecule has 1 amide bonds. The number of carboxylic acids is 1. The lowest BCUT2D eigenvalue weighted by Crippen LogP contribution is -2.30. The summed E-state index contributed by atoms with van der Waals surface area (Å²) in [6, 6.07) is 14.7. The quantitative estimate of drug-likeness (QED) is 0.942. The highest BCUT2D eigenvalue weighted by Crippen LogP contribution is 2.33. The zero-order valence-corrected chi connectivity index (χ0v) is 12.3. The highest BCUT2D eigenvalue weighted by atomic mass is 16.4. The van der Waals surface area contributed by atoms with Gasteiger partial charge in [-0.3, -0.25) is 9.59 Å². The highest BCUT2D eigenvalue weighted by Gasteiger charge is 2.34. The molecule has 1 aliphatic heterocycles. The smallest absolute Gasteiger partial charge is 0.305 e. The maximum atomic E-state index is 12.6. The molecule has 0 saturated carbocycles. The SMILES string of the molecule is Cc1ccc(C(CC(=O)O)N2Cc3ccccc3C2=O)cc1. The van der Waals surface area contributed by atoms with Gasteiger partial charge in [0.05, 0.1) is 12.5 Å². The average Bonchev–Trinajstić information content (AvgIpc) is 2.83. The van der Waals surface area contributed by atoms with Gasteiger partial charge in [-0.1, -0.05) is 48.0 Å². The number of carboxylic acid groups (broad SMARTS) is 1. The first kappa shape index (κ1) is 14.3. The Balaban J connectivity index is 1.96. The fraction of sp³-hybridized carbons (Fsp3) is 0.222. The van der Waals surface area contributed by atoms with E-state index in [0.717, 1.165) is 16.7 Å². The van der Waals surface area contributed by atoms with E-state index in [1.54, 1.807) is 11.0 Å². The maximum Gasteiger partial charge on any atom is 0.305 e. The Labute approximate surface area is 129 Å². The minimum Gasteiger partial charge on any atom is -0.481 e. The van der Waals surface area contributed by atoms with Crippen molar-refractivity contribution in [3.8, 4) is 0 Å². The van der Waals surface area contributed by atoms with E-state index in [2.05, 4.69) is 0 Å². The van der Waals surface area contributed by atoms with Crippen molar-refractivity contribution in [2.24, 2.45) is 0 Å². The van der Waals surface area contributed by atoms with Gasteiger partial charge < -0.3 is 10.0 Å². The third kappa shape index (κ3) is 2.60. The minimum absolute atomic E-state index is 0.0945. The molecule has 0 aliphatic carbocycles. The fourth-order valence-electron chi connectivity index (χ4n) is 2.89. The van der Waals surface area contributed by atoms with Gasteiger partial charge in [0.25, 0.3) is 5.91 Å². The Bertz CT molecular complexity index is 721. The molecule has 2 aromatic carbocycles. The molecule has 3 rings (SSSR count). The van der Waals surface area contributed by atoms with Gasteiger partial charge in [0.2, 0.25) is 0 Å². The third-order valence-electron chi connectivity index (χ3n) is 4.06. The first-order chi connectivity index (χ1) is 10.6. The molecule has 4 heteroatoms. The van der Waals surface area contributed by atoms with Gasteiger partial charge in [0, 0.05) is 12.1 Å². The Hall–Kier alpha value is -2.62. The standard InChI is InChI=1S/C18H17NO3/c1-12-6-8-13(9-7-12)16(10-17(20)21)19-11-14-4-2-3-5-15(14)18(19)22/h2-9,16H,10-11H2,1H3,(H,20,21). The summed E-state index contributed by atoms with van der Waals surface area (Å²) in [5, 5.41) is 9.23. The maximum absolute atomic E-state index is 12.6. The van der Waals surface area contributed by atoms with E-state index >= 15 is 0 Å². The van der Waals surface area contributed by atoms with Crippen LogP contribution in [0.15, 0.2) is 48.5 Å². The summed E-state index contributed by atoms with van der Waals surface area (Å²) in [5.41, 5.74) is 3.59. The number of aryl methyl sites for hydroxylation is 1. The number of hydrogen-bond donors (Lipinski definition) is 1. The molecule has 1 atom stereocenters.